The Bertz CT molecular complexity index is 820. The summed E-state index contributed by atoms with van der Waals surface area (Å²) in [6.07, 6.45) is 1.44. The fraction of sp³-hybridized carbons (Fsp3) is 0.294. The molecule has 0 atom stereocenters. The van der Waals surface area contributed by atoms with E-state index in [-0.39, 0.29) is 5.88 Å². The summed E-state index contributed by atoms with van der Waals surface area (Å²) in [7, 11) is -2.36. The molecule has 0 saturated carbocycles. The normalized spacial score (nSPS) is 15.2. The van der Waals surface area contributed by atoms with Gasteiger partial charge in [-0.25, -0.2) is 13.4 Å². The predicted octanol–water partition coefficient (Wildman–Crippen LogP) is 0.615. The molecule has 3 rings (SSSR count). The third-order valence-electron chi connectivity index (χ3n) is 4.24. The van der Waals surface area contributed by atoms with E-state index in [1.54, 1.807) is 12.1 Å². The minimum absolute atomic E-state index is 0.133. The van der Waals surface area contributed by atoms with Crippen LogP contribution in [-0.2, 0) is 10.7 Å². The first-order valence-electron chi connectivity index (χ1n) is 8.23. The number of rotatable bonds is 6. The van der Waals surface area contributed by atoms with Crippen LogP contribution >= 0.6 is 0 Å². The van der Waals surface area contributed by atoms with Crippen molar-refractivity contribution in [3.05, 3.63) is 48.2 Å². The number of carbonyl (C=O) groups is 1. The number of hydrogen-bond donors (Lipinski definition) is 3. The third kappa shape index (κ3) is 4.70. The Hall–Kier alpha value is -2.65. The van der Waals surface area contributed by atoms with Crippen molar-refractivity contribution in [2.75, 3.05) is 42.3 Å². The van der Waals surface area contributed by atoms with Gasteiger partial charge in [-0.1, -0.05) is 0 Å². The molecule has 26 heavy (non-hydrogen) atoms. The molecule has 2 aromatic rings. The topological polar surface area (TPSA) is 109 Å². The lowest BCUT2D eigenvalue weighted by molar-refractivity contribution is 0.1000. The van der Waals surface area contributed by atoms with Crippen LogP contribution in [0.5, 0.6) is 0 Å². The standard InChI is InChI=1S/C17H21N5O3S/c18-17(23)13-1-6-16(19-11-13)20-14-2-4-15(5-3-14)22-9-7-21(8-10-22)12-26(24)25/h1-6,11,26H,7-10,12H2,(H2,18,23)(H,19,20). The number of nitrogens with one attached hydrogen (secondary N) is 1. The van der Waals surface area contributed by atoms with E-state index in [9.17, 15) is 13.2 Å². The summed E-state index contributed by atoms with van der Waals surface area (Å²) in [6, 6.07) is 11.3. The van der Waals surface area contributed by atoms with Crippen LogP contribution in [0.15, 0.2) is 42.6 Å². The largest absolute Gasteiger partial charge is 0.369 e. The van der Waals surface area contributed by atoms with Crippen LogP contribution in [0.4, 0.5) is 17.2 Å². The van der Waals surface area contributed by atoms with Crippen molar-refractivity contribution >= 4 is 33.8 Å². The quantitative estimate of drug-likeness (QED) is 0.635. The van der Waals surface area contributed by atoms with E-state index in [1.165, 1.54) is 6.20 Å². The summed E-state index contributed by atoms with van der Waals surface area (Å²) in [5.41, 5.74) is 7.55. The number of hydrogen-bond acceptors (Lipinski definition) is 7. The number of carbonyl (C=O) groups excluding carboxylic acids is 1. The van der Waals surface area contributed by atoms with Gasteiger partial charge in [0.15, 0.2) is 10.7 Å². The molecule has 3 N–H and O–H groups in total. The fourth-order valence-corrected chi connectivity index (χ4v) is 3.44. The number of aromatic nitrogens is 1. The average Bonchev–Trinajstić information content (AvgIpc) is 2.63. The SMILES string of the molecule is NC(=O)c1ccc(Nc2ccc(N3CCN(C[SH](=O)=O)CC3)cc2)nc1. The van der Waals surface area contributed by atoms with Crippen LogP contribution in [0.25, 0.3) is 0 Å². The highest BCUT2D eigenvalue weighted by Crippen LogP contribution is 2.21. The van der Waals surface area contributed by atoms with Crippen LogP contribution < -0.4 is 16.0 Å². The van der Waals surface area contributed by atoms with Gasteiger partial charge >= 0.3 is 0 Å². The molecule has 1 aromatic heterocycles. The second-order valence-electron chi connectivity index (χ2n) is 6.05. The van der Waals surface area contributed by atoms with E-state index in [2.05, 4.69) is 15.2 Å². The first kappa shape index (κ1) is 18.2. The number of benzene rings is 1. The number of piperazine rings is 1. The summed E-state index contributed by atoms with van der Waals surface area (Å²) in [4.78, 5) is 19.4. The molecule has 1 amide bonds. The number of pyridine rings is 1. The van der Waals surface area contributed by atoms with E-state index >= 15 is 0 Å². The maximum Gasteiger partial charge on any atom is 0.250 e. The Balaban J connectivity index is 1.58. The molecule has 1 aliphatic rings. The summed E-state index contributed by atoms with van der Waals surface area (Å²) in [5.74, 6) is 0.256. The number of anilines is 3. The molecule has 2 heterocycles. The first-order chi connectivity index (χ1) is 12.5. The Morgan fingerprint density at radius 1 is 1.08 bits per heavy atom. The van der Waals surface area contributed by atoms with Crippen LogP contribution in [0.2, 0.25) is 0 Å². The number of nitrogens with zero attached hydrogens (tertiary/aromatic N) is 3. The molecule has 1 aromatic carbocycles. The molecule has 0 spiro atoms. The third-order valence-corrected chi connectivity index (χ3v) is 4.87. The van der Waals surface area contributed by atoms with E-state index in [4.69, 9.17) is 5.73 Å². The van der Waals surface area contributed by atoms with Crippen molar-refractivity contribution in [2.45, 2.75) is 0 Å². The number of primary amides is 1. The van der Waals surface area contributed by atoms with E-state index in [0.29, 0.717) is 11.4 Å². The fourth-order valence-electron chi connectivity index (χ4n) is 2.83. The zero-order chi connectivity index (χ0) is 18.5. The van der Waals surface area contributed by atoms with Gasteiger partial charge in [0.2, 0.25) is 5.91 Å². The molecule has 0 bridgehead atoms. The monoisotopic (exact) mass is 375 g/mol. The highest BCUT2D eigenvalue weighted by atomic mass is 32.2. The molecule has 1 saturated heterocycles. The highest BCUT2D eigenvalue weighted by molar-refractivity contribution is 7.72. The van der Waals surface area contributed by atoms with Gasteiger partial charge in [0, 0.05) is 43.8 Å². The maximum absolute atomic E-state index is 11.1. The van der Waals surface area contributed by atoms with Gasteiger partial charge < -0.3 is 16.0 Å². The summed E-state index contributed by atoms with van der Waals surface area (Å²) < 4.78 is 21.6. The zero-order valence-corrected chi connectivity index (χ0v) is 15.1. The molecule has 8 nitrogen and oxygen atoms in total. The van der Waals surface area contributed by atoms with Crippen molar-refractivity contribution < 1.29 is 13.2 Å². The number of thiol groups is 1. The molecule has 0 aliphatic carbocycles. The lowest BCUT2D eigenvalue weighted by Gasteiger charge is -2.35. The lowest BCUT2D eigenvalue weighted by atomic mass is 10.2. The van der Waals surface area contributed by atoms with Crippen molar-refractivity contribution in [2.24, 2.45) is 5.73 Å². The van der Waals surface area contributed by atoms with Gasteiger partial charge in [-0.05, 0) is 36.4 Å². The molecule has 0 unspecified atom stereocenters. The van der Waals surface area contributed by atoms with Crippen molar-refractivity contribution in [1.29, 1.82) is 0 Å². The summed E-state index contributed by atoms with van der Waals surface area (Å²) >= 11 is 0. The minimum atomic E-state index is -2.36. The van der Waals surface area contributed by atoms with Gasteiger partial charge in [-0.3, -0.25) is 9.69 Å². The van der Waals surface area contributed by atoms with Gasteiger partial charge in [0.05, 0.1) is 11.4 Å². The van der Waals surface area contributed by atoms with E-state index in [0.717, 1.165) is 37.6 Å². The van der Waals surface area contributed by atoms with E-state index < -0.39 is 16.6 Å². The molecule has 1 fully saturated rings. The smallest absolute Gasteiger partial charge is 0.250 e. The lowest BCUT2D eigenvalue weighted by Crippen LogP contribution is -2.46. The Morgan fingerprint density at radius 2 is 1.77 bits per heavy atom. The van der Waals surface area contributed by atoms with Gasteiger partial charge in [0.25, 0.3) is 0 Å². The highest BCUT2D eigenvalue weighted by Gasteiger charge is 2.17. The van der Waals surface area contributed by atoms with Crippen molar-refractivity contribution in [1.82, 2.24) is 9.88 Å². The second-order valence-corrected chi connectivity index (χ2v) is 7.00. The van der Waals surface area contributed by atoms with Gasteiger partial charge in [0.1, 0.15) is 5.82 Å². The Labute approximate surface area is 153 Å². The number of amides is 1. The summed E-state index contributed by atoms with van der Waals surface area (Å²) in [5, 5.41) is 3.17. The Kier molecular flexibility index (Phi) is 5.69. The molecule has 1 aliphatic heterocycles. The summed E-state index contributed by atoms with van der Waals surface area (Å²) in [6.45, 7) is 3.07. The zero-order valence-electron chi connectivity index (χ0n) is 14.2. The average molecular weight is 375 g/mol. The minimum Gasteiger partial charge on any atom is -0.369 e. The van der Waals surface area contributed by atoms with E-state index in [1.807, 2.05) is 29.2 Å². The molecule has 0 radical (unpaired) electrons. The molecule has 138 valence electrons. The van der Waals surface area contributed by atoms with Crippen LogP contribution in [0, 0.1) is 0 Å². The second kappa shape index (κ2) is 8.15. The van der Waals surface area contributed by atoms with Crippen LogP contribution in [0.3, 0.4) is 0 Å². The number of nitrogens with two attached hydrogens (primary N) is 1. The maximum atomic E-state index is 11.1. The van der Waals surface area contributed by atoms with Crippen LogP contribution in [-0.4, -0.2) is 56.3 Å². The molecular weight excluding hydrogens is 354 g/mol. The van der Waals surface area contributed by atoms with Crippen molar-refractivity contribution in [3.63, 3.8) is 0 Å². The van der Waals surface area contributed by atoms with Crippen LogP contribution in [0.1, 0.15) is 10.4 Å². The molecule has 9 heteroatoms. The predicted molar refractivity (Wildman–Crippen MR) is 101 cm³/mol. The molecular formula is C17H21N5O3S. The first-order valence-corrected chi connectivity index (χ1v) is 9.59. The van der Waals surface area contributed by atoms with Gasteiger partial charge in [-0.2, -0.15) is 0 Å². The van der Waals surface area contributed by atoms with Crippen molar-refractivity contribution in [3.8, 4) is 0 Å². The van der Waals surface area contributed by atoms with Gasteiger partial charge in [-0.15, -0.1) is 0 Å². The Morgan fingerprint density at radius 3 is 2.31 bits per heavy atom.